The molecule has 0 amide bonds. The van der Waals surface area contributed by atoms with Crippen molar-refractivity contribution in [3.05, 3.63) is 29.8 Å². The van der Waals surface area contributed by atoms with E-state index in [4.69, 9.17) is 4.74 Å². The highest BCUT2D eigenvalue weighted by Crippen LogP contribution is 2.20. The lowest BCUT2D eigenvalue weighted by Crippen LogP contribution is -2.32. The first-order chi connectivity index (χ1) is 10.0. The molecule has 1 aliphatic heterocycles. The van der Waals surface area contributed by atoms with Gasteiger partial charge in [-0.05, 0) is 37.6 Å². The second-order valence-electron chi connectivity index (χ2n) is 5.40. The molecule has 2 rings (SSSR count). The Bertz CT molecular complexity index is 560. The lowest BCUT2D eigenvalue weighted by atomic mass is 10.0. The van der Waals surface area contributed by atoms with Gasteiger partial charge in [0.05, 0.1) is 11.0 Å². The van der Waals surface area contributed by atoms with Gasteiger partial charge in [-0.1, -0.05) is 19.1 Å². The first kappa shape index (κ1) is 16.4. The van der Waals surface area contributed by atoms with Crippen LogP contribution in [0.15, 0.2) is 29.2 Å². The molecular weight excluding hydrogens is 288 g/mol. The normalized spacial score (nSPS) is 22.6. The topological polar surface area (TPSA) is 67.4 Å². The largest absolute Gasteiger partial charge is 0.378 e. The lowest BCUT2D eigenvalue weighted by Gasteiger charge is -2.15. The van der Waals surface area contributed by atoms with Crippen LogP contribution in [0.5, 0.6) is 0 Å². The first-order valence-corrected chi connectivity index (χ1v) is 8.92. The van der Waals surface area contributed by atoms with Crippen molar-refractivity contribution in [2.75, 3.05) is 19.7 Å². The van der Waals surface area contributed by atoms with Gasteiger partial charge < -0.3 is 10.1 Å². The Kier molecular flexibility index (Phi) is 5.75. The number of ether oxygens (including phenoxy) is 1. The Morgan fingerprint density at radius 3 is 2.86 bits per heavy atom. The third kappa shape index (κ3) is 4.51. The Labute approximate surface area is 127 Å². The Hall–Kier alpha value is -0.950. The summed E-state index contributed by atoms with van der Waals surface area (Å²) >= 11 is 0. The van der Waals surface area contributed by atoms with E-state index < -0.39 is 10.0 Å². The molecule has 2 unspecified atom stereocenters. The third-order valence-electron chi connectivity index (χ3n) is 3.86. The summed E-state index contributed by atoms with van der Waals surface area (Å²) in [4.78, 5) is 0.324. The van der Waals surface area contributed by atoms with Crippen molar-refractivity contribution in [3.8, 4) is 0 Å². The molecule has 0 aliphatic carbocycles. The SMILES string of the molecule is CCNCc1cccc(S(=O)(=O)NCC2CCOC2C)c1. The number of hydrogen-bond acceptors (Lipinski definition) is 4. The minimum absolute atomic E-state index is 0.118. The highest BCUT2D eigenvalue weighted by atomic mass is 32.2. The molecule has 1 fully saturated rings. The second-order valence-corrected chi connectivity index (χ2v) is 7.17. The minimum atomic E-state index is -3.45. The van der Waals surface area contributed by atoms with Crippen LogP contribution in [0.1, 0.15) is 25.8 Å². The van der Waals surface area contributed by atoms with Gasteiger partial charge in [0.2, 0.25) is 10.0 Å². The van der Waals surface area contributed by atoms with Crippen LogP contribution >= 0.6 is 0 Å². The highest BCUT2D eigenvalue weighted by Gasteiger charge is 2.26. The summed E-state index contributed by atoms with van der Waals surface area (Å²) in [5.74, 6) is 0.254. The highest BCUT2D eigenvalue weighted by molar-refractivity contribution is 7.89. The van der Waals surface area contributed by atoms with E-state index >= 15 is 0 Å². The van der Waals surface area contributed by atoms with Crippen LogP contribution in [0, 0.1) is 5.92 Å². The standard InChI is InChI=1S/C15H24N2O3S/c1-3-16-10-13-5-4-6-15(9-13)21(18,19)17-11-14-7-8-20-12(14)2/h4-6,9,12,14,16-17H,3,7-8,10-11H2,1-2H3. The van der Waals surface area contributed by atoms with E-state index in [1.165, 1.54) is 0 Å². The van der Waals surface area contributed by atoms with E-state index in [2.05, 4.69) is 10.0 Å². The molecule has 2 N–H and O–H groups in total. The minimum Gasteiger partial charge on any atom is -0.378 e. The maximum absolute atomic E-state index is 12.3. The molecule has 1 aromatic rings. The van der Waals surface area contributed by atoms with Gasteiger partial charge in [-0.3, -0.25) is 0 Å². The number of rotatable bonds is 7. The number of nitrogens with one attached hydrogen (secondary N) is 2. The molecule has 1 aliphatic rings. The summed E-state index contributed by atoms with van der Waals surface area (Å²) in [6.45, 7) is 6.69. The zero-order valence-electron chi connectivity index (χ0n) is 12.6. The predicted molar refractivity (Wildman–Crippen MR) is 82.5 cm³/mol. The van der Waals surface area contributed by atoms with Crippen molar-refractivity contribution >= 4 is 10.0 Å². The summed E-state index contributed by atoms with van der Waals surface area (Å²) in [6.07, 6.45) is 1.03. The fourth-order valence-electron chi connectivity index (χ4n) is 2.44. The predicted octanol–water partition coefficient (Wildman–Crippen LogP) is 1.50. The molecule has 2 atom stereocenters. The average molecular weight is 312 g/mol. The average Bonchev–Trinajstić information content (AvgIpc) is 2.89. The molecular formula is C15H24N2O3S. The molecule has 0 bridgehead atoms. The molecule has 1 saturated heterocycles. The van der Waals surface area contributed by atoms with Gasteiger partial charge in [-0.15, -0.1) is 0 Å². The van der Waals surface area contributed by atoms with Crippen LogP contribution in [0.2, 0.25) is 0 Å². The third-order valence-corrected chi connectivity index (χ3v) is 5.28. The number of sulfonamides is 1. The first-order valence-electron chi connectivity index (χ1n) is 7.44. The molecule has 21 heavy (non-hydrogen) atoms. The summed E-state index contributed by atoms with van der Waals surface area (Å²) in [6, 6.07) is 7.06. The summed E-state index contributed by atoms with van der Waals surface area (Å²) in [5, 5.41) is 3.19. The van der Waals surface area contributed by atoms with E-state index in [0.717, 1.165) is 18.5 Å². The maximum atomic E-state index is 12.3. The molecule has 0 radical (unpaired) electrons. The van der Waals surface area contributed by atoms with Crippen molar-refractivity contribution in [3.63, 3.8) is 0 Å². The van der Waals surface area contributed by atoms with Gasteiger partial charge in [0, 0.05) is 25.6 Å². The van der Waals surface area contributed by atoms with Crippen molar-refractivity contribution in [1.29, 1.82) is 0 Å². The fourth-order valence-corrected chi connectivity index (χ4v) is 3.60. The van der Waals surface area contributed by atoms with E-state index in [0.29, 0.717) is 24.6 Å². The second kappa shape index (κ2) is 7.35. The zero-order chi connectivity index (χ0) is 15.3. The van der Waals surface area contributed by atoms with Gasteiger partial charge in [-0.2, -0.15) is 0 Å². The van der Waals surface area contributed by atoms with Gasteiger partial charge >= 0.3 is 0 Å². The van der Waals surface area contributed by atoms with Gasteiger partial charge in [0.25, 0.3) is 0 Å². The molecule has 6 heteroatoms. The Morgan fingerprint density at radius 1 is 1.38 bits per heavy atom. The molecule has 0 saturated carbocycles. The summed E-state index contributed by atoms with van der Waals surface area (Å²) in [5.41, 5.74) is 0.970. The van der Waals surface area contributed by atoms with Crippen LogP contribution in [0.4, 0.5) is 0 Å². The number of hydrogen-bond donors (Lipinski definition) is 2. The smallest absolute Gasteiger partial charge is 0.240 e. The number of benzene rings is 1. The van der Waals surface area contributed by atoms with E-state index in [1.54, 1.807) is 18.2 Å². The van der Waals surface area contributed by atoms with E-state index in [9.17, 15) is 8.42 Å². The van der Waals surface area contributed by atoms with Gasteiger partial charge in [0.1, 0.15) is 0 Å². The van der Waals surface area contributed by atoms with Crippen LogP contribution < -0.4 is 10.0 Å². The molecule has 5 nitrogen and oxygen atoms in total. The van der Waals surface area contributed by atoms with E-state index in [1.807, 2.05) is 19.9 Å². The lowest BCUT2D eigenvalue weighted by molar-refractivity contribution is 0.107. The van der Waals surface area contributed by atoms with E-state index in [-0.39, 0.29) is 12.0 Å². The Balaban J connectivity index is 2.01. The van der Waals surface area contributed by atoms with Gasteiger partial charge in [0.15, 0.2) is 0 Å². The van der Waals surface area contributed by atoms with Gasteiger partial charge in [-0.25, -0.2) is 13.1 Å². The molecule has 0 spiro atoms. The van der Waals surface area contributed by atoms with Crippen molar-refractivity contribution < 1.29 is 13.2 Å². The monoisotopic (exact) mass is 312 g/mol. The fraction of sp³-hybridized carbons (Fsp3) is 0.600. The quantitative estimate of drug-likeness (QED) is 0.801. The Morgan fingerprint density at radius 2 is 2.19 bits per heavy atom. The summed E-state index contributed by atoms with van der Waals surface area (Å²) < 4.78 is 32.9. The molecule has 1 aromatic carbocycles. The van der Waals surface area contributed by atoms with Crippen molar-refractivity contribution in [2.24, 2.45) is 5.92 Å². The van der Waals surface area contributed by atoms with Crippen LogP contribution in [-0.4, -0.2) is 34.2 Å². The van der Waals surface area contributed by atoms with Crippen LogP contribution in [0.3, 0.4) is 0 Å². The van der Waals surface area contributed by atoms with Crippen molar-refractivity contribution in [1.82, 2.24) is 10.0 Å². The molecule has 118 valence electrons. The zero-order valence-corrected chi connectivity index (χ0v) is 13.4. The van der Waals surface area contributed by atoms with Crippen LogP contribution in [-0.2, 0) is 21.3 Å². The van der Waals surface area contributed by atoms with Crippen molar-refractivity contribution in [2.45, 2.75) is 37.8 Å². The molecule has 0 aromatic heterocycles. The summed E-state index contributed by atoms with van der Waals surface area (Å²) in [7, 11) is -3.45. The van der Waals surface area contributed by atoms with Crippen LogP contribution in [0.25, 0.3) is 0 Å². The molecule has 1 heterocycles. The maximum Gasteiger partial charge on any atom is 0.240 e.